The molecule has 0 aliphatic carbocycles. The van der Waals surface area contributed by atoms with E-state index in [4.69, 9.17) is 0 Å². The third-order valence-electron chi connectivity index (χ3n) is 0. The first-order valence-electron chi connectivity index (χ1n) is 0. The summed E-state index contributed by atoms with van der Waals surface area (Å²) in [7, 11) is 0. The second kappa shape index (κ2) is 30.5. The van der Waals surface area contributed by atoms with E-state index in [0.29, 0.717) is 0 Å². The molecule has 0 rings (SSSR count). The van der Waals surface area contributed by atoms with E-state index < -0.39 is 0 Å². The molecule has 0 atom stereocenters. The zero-order valence-corrected chi connectivity index (χ0v) is 8.16. The van der Waals surface area contributed by atoms with Gasteiger partial charge in [0.15, 0.2) is 0 Å². The number of hydrogen-bond donors (Lipinski definition) is 0. The van der Waals surface area contributed by atoms with Gasteiger partial charge in [-0.25, -0.2) is 0 Å². The van der Waals surface area contributed by atoms with Gasteiger partial charge in [0.25, 0.3) is 0 Å². The SMILES string of the molecule is [Cl-].[Cl-].[Cl-].[Sc+3].[Sc]. The Hall–Kier alpha value is 2.61. The molecule has 0 saturated carbocycles. The standard InChI is InChI=1S/3ClH.2Sc/h3*1H;;/q;;;;+3/p-3. The van der Waals surface area contributed by atoms with Crippen molar-refractivity contribution >= 4 is 0 Å². The molecule has 5 heteroatoms. The summed E-state index contributed by atoms with van der Waals surface area (Å²) in [6, 6.07) is 0. The van der Waals surface area contributed by atoms with Crippen molar-refractivity contribution in [3.05, 3.63) is 0 Å². The van der Waals surface area contributed by atoms with Crippen molar-refractivity contribution in [1.29, 1.82) is 0 Å². The molecule has 0 heterocycles. The average molecular weight is 196 g/mol. The second-order valence-electron chi connectivity index (χ2n) is 0. The molecule has 0 N–H and O–H groups in total. The van der Waals surface area contributed by atoms with Crippen LogP contribution in [0.15, 0.2) is 0 Å². The molecule has 0 aromatic carbocycles. The van der Waals surface area contributed by atoms with Gasteiger partial charge >= 0.3 is 25.8 Å². The summed E-state index contributed by atoms with van der Waals surface area (Å²) in [4.78, 5) is 0. The first kappa shape index (κ1) is 48.8. The molecule has 0 aliphatic rings. The van der Waals surface area contributed by atoms with Crippen LogP contribution in [0.2, 0.25) is 0 Å². The molecule has 0 unspecified atom stereocenters. The molecule has 0 amide bonds. The maximum absolute atomic E-state index is 0. The number of rotatable bonds is 0. The number of halogens is 3. The van der Waals surface area contributed by atoms with E-state index in [-0.39, 0.29) is 88.9 Å². The quantitative estimate of drug-likeness (QED) is 0.361. The molecule has 0 fully saturated rings. The van der Waals surface area contributed by atoms with Crippen LogP contribution in [0.3, 0.4) is 0 Å². The summed E-state index contributed by atoms with van der Waals surface area (Å²) < 4.78 is 0. The van der Waals surface area contributed by atoms with Crippen molar-refractivity contribution < 1.29 is 88.9 Å². The van der Waals surface area contributed by atoms with Crippen LogP contribution in [0.1, 0.15) is 0 Å². The Labute approximate surface area is 87.6 Å². The molecular weight excluding hydrogens is 196 g/mol. The molecule has 1 radical (unpaired) electrons. The van der Waals surface area contributed by atoms with Crippen LogP contribution >= 0.6 is 0 Å². The van der Waals surface area contributed by atoms with Gasteiger partial charge in [-0.05, 0) is 0 Å². The predicted octanol–water partition coefficient (Wildman–Crippen LogP) is -8.99. The van der Waals surface area contributed by atoms with Gasteiger partial charge in [-0.1, -0.05) is 0 Å². The zero-order valence-electron chi connectivity index (χ0n) is 2.29. The molecule has 5 heavy (non-hydrogen) atoms. The molecule has 0 aromatic heterocycles. The van der Waals surface area contributed by atoms with Crippen LogP contribution < -0.4 is 37.2 Å². The molecule has 0 aliphatic heterocycles. The summed E-state index contributed by atoms with van der Waals surface area (Å²) in [5, 5.41) is 0. The first-order valence-corrected chi connectivity index (χ1v) is 0. The predicted molar refractivity (Wildman–Crippen MR) is 0 cm³/mol. The van der Waals surface area contributed by atoms with Gasteiger partial charge in [0, 0.05) is 25.8 Å². The summed E-state index contributed by atoms with van der Waals surface area (Å²) in [5.74, 6) is 0. The smallest absolute Gasteiger partial charge is 1.00 e. The molecule has 0 saturated heterocycles. The van der Waals surface area contributed by atoms with Crippen LogP contribution in [0.4, 0.5) is 0 Å². The number of hydrogen-bond acceptors (Lipinski definition) is 0. The summed E-state index contributed by atoms with van der Waals surface area (Å²) in [6.07, 6.45) is 0. The van der Waals surface area contributed by atoms with E-state index in [9.17, 15) is 0 Å². The van der Waals surface area contributed by atoms with Gasteiger partial charge in [0.2, 0.25) is 0 Å². The van der Waals surface area contributed by atoms with Gasteiger partial charge in [-0.3, -0.25) is 0 Å². The van der Waals surface area contributed by atoms with Crippen molar-refractivity contribution in [2.45, 2.75) is 0 Å². The molecule has 0 nitrogen and oxygen atoms in total. The maximum Gasteiger partial charge on any atom is 3.00 e. The topological polar surface area (TPSA) is 0 Å². The van der Waals surface area contributed by atoms with E-state index in [1.54, 1.807) is 0 Å². The molecule has 0 spiro atoms. The Kier molecular flexibility index (Phi) is 298. The Morgan fingerprint density at radius 3 is 0.600 bits per heavy atom. The van der Waals surface area contributed by atoms with Gasteiger partial charge in [-0.15, -0.1) is 0 Å². The van der Waals surface area contributed by atoms with Crippen molar-refractivity contribution in [3.63, 3.8) is 0 Å². The van der Waals surface area contributed by atoms with Crippen LogP contribution in [-0.4, -0.2) is 0 Å². The maximum atomic E-state index is 0. The fourth-order valence-electron chi connectivity index (χ4n) is 0. The first-order chi connectivity index (χ1) is 0. The summed E-state index contributed by atoms with van der Waals surface area (Å²) in [5.41, 5.74) is 0. The summed E-state index contributed by atoms with van der Waals surface area (Å²) >= 11 is 0. The van der Waals surface area contributed by atoms with Crippen LogP contribution in [0.25, 0.3) is 0 Å². The van der Waals surface area contributed by atoms with E-state index in [1.807, 2.05) is 0 Å². The second-order valence-corrected chi connectivity index (χ2v) is 0. The van der Waals surface area contributed by atoms with Crippen molar-refractivity contribution in [2.75, 3.05) is 0 Å². The normalized spacial score (nSPS) is 0. The van der Waals surface area contributed by atoms with Crippen molar-refractivity contribution in [1.82, 2.24) is 0 Å². The van der Waals surface area contributed by atoms with Crippen LogP contribution in [0.5, 0.6) is 0 Å². The Morgan fingerprint density at radius 2 is 0.600 bits per heavy atom. The van der Waals surface area contributed by atoms with E-state index in [1.165, 1.54) is 0 Å². The fourth-order valence-corrected chi connectivity index (χ4v) is 0. The van der Waals surface area contributed by atoms with Crippen molar-refractivity contribution in [3.8, 4) is 0 Å². The molecular formula is Cl3Sc2. The Balaban J connectivity index is 0. The van der Waals surface area contributed by atoms with Gasteiger partial charge in [0.05, 0.1) is 0 Å². The van der Waals surface area contributed by atoms with Gasteiger partial charge in [0.1, 0.15) is 0 Å². The van der Waals surface area contributed by atoms with Gasteiger partial charge < -0.3 is 37.2 Å². The van der Waals surface area contributed by atoms with E-state index in [2.05, 4.69) is 0 Å². The van der Waals surface area contributed by atoms with Crippen LogP contribution in [-0.2, 0) is 51.7 Å². The van der Waals surface area contributed by atoms with Crippen molar-refractivity contribution in [2.24, 2.45) is 0 Å². The largest absolute Gasteiger partial charge is 3.00 e. The minimum absolute atomic E-state index is 0. The fraction of sp³-hybridized carbons (Fsp3) is 0. The third kappa shape index (κ3) is 20.6. The molecule has 0 bridgehead atoms. The monoisotopic (exact) mass is 195 g/mol. The zero-order chi connectivity index (χ0) is 0. The Morgan fingerprint density at radius 1 is 0.600 bits per heavy atom. The average Bonchev–Trinajstić information content (AvgIpc) is 0. The summed E-state index contributed by atoms with van der Waals surface area (Å²) in [6.45, 7) is 0. The van der Waals surface area contributed by atoms with E-state index in [0.717, 1.165) is 0 Å². The van der Waals surface area contributed by atoms with Crippen LogP contribution in [0, 0.1) is 0 Å². The minimum Gasteiger partial charge on any atom is -1.00 e. The van der Waals surface area contributed by atoms with Gasteiger partial charge in [-0.2, -0.15) is 0 Å². The molecule has 27 valence electrons. The third-order valence-corrected chi connectivity index (χ3v) is 0. The van der Waals surface area contributed by atoms with E-state index >= 15 is 0 Å². The molecule has 0 aromatic rings. The minimum atomic E-state index is 0. The Bertz CT molecular complexity index is 4.85.